The number of benzene rings is 3. The molecule has 5 rings (SSSR count). The maximum absolute atomic E-state index is 13.9. The summed E-state index contributed by atoms with van der Waals surface area (Å²) in [6, 6.07) is 27.1. The van der Waals surface area contributed by atoms with Crippen molar-refractivity contribution in [2.24, 2.45) is 5.92 Å². The first-order valence-corrected chi connectivity index (χ1v) is 16.9. The molecular weight excluding hydrogens is 581 g/mol. The number of aryl methyl sites for hydroxylation is 2. The number of cyclic esters (lactones) is 1. The molecule has 224 valence electrons. The Morgan fingerprint density at radius 2 is 1.58 bits per heavy atom. The number of carbonyl (C=O) groups is 2. The number of anilines is 1. The Labute approximate surface area is 257 Å². The molecule has 2 atom stereocenters. The van der Waals surface area contributed by atoms with Gasteiger partial charge >= 0.3 is 5.97 Å². The summed E-state index contributed by atoms with van der Waals surface area (Å²) in [5.74, 6) is -2.03. The van der Waals surface area contributed by atoms with Gasteiger partial charge in [0.05, 0.1) is 11.2 Å². The quantitative estimate of drug-likeness (QED) is 0.132. The summed E-state index contributed by atoms with van der Waals surface area (Å²) in [4.78, 5) is 31.7. The number of carbonyl (C=O) groups excluding carboxylic acids is 2. The first-order valence-electron chi connectivity index (χ1n) is 14.5. The van der Waals surface area contributed by atoms with E-state index in [0.29, 0.717) is 37.8 Å². The van der Waals surface area contributed by atoms with E-state index in [1.165, 1.54) is 33.6 Å². The molecule has 7 nitrogen and oxygen atoms in total. The van der Waals surface area contributed by atoms with Gasteiger partial charge in [-0.2, -0.15) is 8.42 Å². The molecule has 0 aliphatic carbocycles. The number of sulfonamides is 1. The molecule has 0 radical (unpaired) electrons. The molecule has 43 heavy (non-hydrogen) atoms. The highest BCUT2D eigenvalue weighted by Crippen LogP contribution is 2.41. The highest BCUT2D eigenvalue weighted by Gasteiger charge is 2.49. The van der Waals surface area contributed by atoms with Gasteiger partial charge in [0.25, 0.3) is 10.0 Å². The predicted molar refractivity (Wildman–Crippen MR) is 169 cm³/mol. The average Bonchev–Trinajstić information content (AvgIpc) is 3.58. The maximum atomic E-state index is 13.9. The monoisotopic (exact) mass is 616 g/mol. The lowest BCUT2D eigenvalue weighted by atomic mass is 9.73. The number of esters is 1. The van der Waals surface area contributed by atoms with E-state index in [1.54, 1.807) is 18.2 Å². The molecule has 1 aliphatic heterocycles. The minimum absolute atomic E-state index is 0.0224. The third-order valence-electron chi connectivity index (χ3n) is 8.38. The lowest BCUT2D eigenvalue weighted by Crippen LogP contribution is -2.49. The van der Waals surface area contributed by atoms with E-state index < -0.39 is 33.4 Å². The Hall–Kier alpha value is -3.82. The van der Waals surface area contributed by atoms with Gasteiger partial charge in [0.2, 0.25) is 0 Å². The fourth-order valence-corrected chi connectivity index (χ4v) is 7.91. The van der Waals surface area contributed by atoms with Gasteiger partial charge in [-0.15, -0.1) is 11.3 Å². The van der Waals surface area contributed by atoms with Crippen LogP contribution < -0.4 is 4.31 Å². The second-order valence-electron chi connectivity index (χ2n) is 11.1. The summed E-state index contributed by atoms with van der Waals surface area (Å²) in [6.07, 6.45) is 3.16. The van der Waals surface area contributed by atoms with Crippen molar-refractivity contribution in [2.45, 2.75) is 62.0 Å². The molecular formula is C34H36N2O5S2. The van der Waals surface area contributed by atoms with Crippen LogP contribution in [-0.4, -0.2) is 37.8 Å². The van der Waals surface area contributed by atoms with Gasteiger partial charge in [-0.3, -0.25) is 13.9 Å². The third-order valence-corrected chi connectivity index (χ3v) is 10.8. The minimum Gasteiger partial charge on any atom is -0.458 e. The molecule has 1 fully saturated rings. The number of hydrogen-bond acceptors (Lipinski definition) is 7. The molecule has 0 saturated carbocycles. The molecule has 1 aromatic heterocycles. The van der Waals surface area contributed by atoms with E-state index in [0.717, 1.165) is 16.7 Å². The van der Waals surface area contributed by atoms with Gasteiger partial charge in [-0.1, -0.05) is 79.7 Å². The zero-order valence-corrected chi connectivity index (χ0v) is 26.0. The van der Waals surface area contributed by atoms with Gasteiger partial charge < -0.3 is 4.74 Å². The first-order chi connectivity index (χ1) is 20.7. The highest BCUT2D eigenvalue weighted by molar-refractivity contribution is 7.92. The molecule has 4 aromatic rings. The lowest BCUT2D eigenvalue weighted by Gasteiger charge is -2.41. The number of thiazole rings is 1. The fraction of sp³-hybridized carbons (Fsp3) is 0.324. The second-order valence-corrected chi connectivity index (χ2v) is 13.7. The molecule has 1 saturated heterocycles. The molecule has 0 spiro atoms. The maximum Gasteiger partial charge on any atom is 0.317 e. The van der Waals surface area contributed by atoms with Crippen LogP contribution in [0.15, 0.2) is 101 Å². The number of aromatic nitrogens is 1. The summed E-state index contributed by atoms with van der Waals surface area (Å²) in [5, 5.41) is 1.47. The van der Waals surface area contributed by atoms with Crippen molar-refractivity contribution in [3.05, 3.63) is 113 Å². The van der Waals surface area contributed by atoms with Crippen LogP contribution in [-0.2, 0) is 37.2 Å². The van der Waals surface area contributed by atoms with Crippen molar-refractivity contribution in [1.82, 2.24) is 4.98 Å². The van der Waals surface area contributed by atoms with E-state index in [4.69, 9.17) is 4.74 Å². The number of ether oxygens (including phenoxy) is 1. The van der Waals surface area contributed by atoms with Crippen LogP contribution in [0.4, 0.5) is 5.69 Å². The molecule has 3 aromatic carbocycles. The third kappa shape index (κ3) is 6.89. The Bertz CT molecular complexity index is 1580. The topological polar surface area (TPSA) is 93.6 Å². The van der Waals surface area contributed by atoms with Crippen molar-refractivity contribution < 1.29 is 22.7 Å². The van der Waals surface area contributed by atoms with E-state index in [2.05, 4.69) is 4.98 Å². The number of Topliss-reactive ketones (excluding diaryl/α,β-unsaturated/α-hetero) is 1. The van der Waals surface area contributed by atoms with Gasteiger partial charge in [0.1, 0.15) is 11.5 Å². The molecule has 0 N–H and O–H groups in total. The first kappa shape index (κ1) is 30.6. The molecule has 1 aliphatic rings. The van der Waals surface area contributed by atoms with Gasteiger partial charge in [-0.05, 0) is 60.9 Å². The molecule has 9 heteroatoms. The Kier molecular flexibility index (Phi) is 9.42. The molecule has 0 bridgehead atoms. The van der Waals surface area contributed by atoms with Crippen molar-refractivity contribution in [2.75, 3.05) is 11.4 Å². The van der Waals surface area contributed by atoms with Crippen LogP contribution in [0.25, 0.3) is 0 Å². The van der Waals surface area contributed by atoms with E-state index in [-0.39, 0.29) is 17.2 Å². The largest absolute Gasteiger partial charge is 0.458 e. The minimum atomic E-state index is -3.84. The van der Waals surface area contributed by atoms with Crippen LogP contribution in [0.3, 0.4) is 0 Å². The SMILES string of the molecule is CCC(c1cccc(N(C)S(=O)(=O)c2cscn2)c1)C1C(=O)CC(CCc2ccccc2)(CCc2ccccc2)OC1=O. The number of hydrogen-bond donors (Lipinski definition) is 0. The van der Waals surface area contributed by atoms with Crippen molar-refractivity contribution in [3.63, 3.8) is 0 Å². The zero-order chi connectivity index (χ0) is 30.5. The van der Waals surface area contributed by atoms with Crippen molar-refractivity contribution in [3.8, 4) is 0 Å². The number of ketones is 1. The summed E-state index contributed by atoms with van der Waals surface area (Å²) in [6.45, 7) is 1.93. The summed E-state index contributed by atoms with van der Waals surface area (Å²) in [5.41, 5.74) is 4.00. The Morgan fingerprint density at radius 1 is 0.953 bits per heavy atom. The normalized spacial score (nSPS) is 17.3. The van der Waals surface area contributed by atoms with Gasteiger partial charge in [-0.25, -0.2) is 4.98 Å². The summed E-state index contributed by atoms with van der Waals surface area (Å²) < 4.78 is 33.7. The summed E-state index contributed by atoms with van der Waals surface area (Å²) in [7, 11) is -2.37. The standard InChI is InChI=1S/C34H36N2O5S2/c1-3-29(27-15-10-16-28(21-27)36(2)43(39,40)31-23-42-24-35-31)32-30(37)22-34(41-33(32)38,19-17-25-11-6-4-7-12-25)20-18-26-13-8-5-9-14-26/h4-16,21,23-24,29,32H,3,17-20,22H2,1-2H3. The van der Waals surface area contributed by atoms with Crippen LogP contribution in [0, 0.1) is 5.92 Å². The molecule has 2 heterocycles. The smallest absolute Gasteiger partial charge is 0.317 e. The second kappa shape index (κ2) is 13.2. The Balaban J connectivity index is 1.38. The molecule has 2 unspecified atom stereocenters. The Morgan fingerprint density at radius 3 is 2.12 bits per heavy atom. The molecule has 0 amide bonds. The van der Waals surface area contributed by atoms with Crippen LogP contribution in [0.5, 0.6) is 0 Å². The van der Waals surface area contributed by atoms with E-state index in [1.807, 2.05) is 73.7 Å². The van der Waals surface area contributed by atoms with Crippen LogP contribution in [0.2, 0.25) is 0 Å². The van der Waals surface area contributed by atoms with Crippen LogP contribution in [0.1, 0.15) is 55.2 Å². The summed E-state index contributed by atoms with van der Waals surface area (Å²) >= 11 is 1.21. The highest BCUT2D eigenvalue weighted by atomic mass is 32.2. The average molecular weight is 617 g/mol. The number of rotatable bonds is 12. The fourth-order valence-electron chi connectivity index (χ4n) is 5.92. The van der Waals surface area contributed by atoms with Crippen molar-refractivity contribution in [1.29, 1.82) is 0 Å². The van der Waals surface area contributed by atoms with Crippen molar-refractivity contribution >= 4 is 38.8 Å². The van der Waals surface area contributed by atoms with Gasteiger partial charge in [0, 0.05) is 24.8 Å². The predicted octanol–water partition coefficient (Wildman–Crippen LogP) is 6.60. The lowest BCUT2D eigenvalue weighted by molar-refractivity contribution is -0.180. The van der Waals surface area contributed by atoms with E-state index in [9.17, 15) is 18.0 Å². The van der Waals surface area contributed by atoms with E-state index >= 15 is 0 Å². The van der Waals surface area contributed by atoms with Crippen LogP contribution >= 0.6 is 11.3 Å². The van der Waals surface area contributed by atoms with Gasteiger partial charge in [0.15, 0.2) is 10.8 Å². The number of nitrogens with zero attached hydrogens (tertiary/aromatic N) is 2. The zero-order valence-electron chi connectivity index (χ0n) is 24.4.